The Morgan fingerprint density at radius 2 is 1.91 bits per heavy atom. The maximum absolute atomic E-state index is 12.2. The van der Waals surface area contributed by atoms with Gasteiger partial charge in [-0.05, 0) is 45.2 Å². The molecule has 1 aromatic heterocycles. The van der Waals surface area contributed by atoms with Crippen LogP contribution in [0.15, 0.2) is 18.3 Å². The fourth-order valence-electron chi connectivity index (χ4n) is 2.40. The SMILES string of the molecule is CCCCc1cccn1[C@@H](CCC(=O)OCC)C(=O)OCC. The molecule has 0 saturated carbocycles. The van der Waals surface area contributed by atoms with Crippen molar-refractivity contribution in [1.29, 1.82) is 0 Å². The van der Waals surface area contributed by atoms with Gasteiger partial charge >= 0.3 is 11.9 Å². The molecule has 124 valence electrons. The molecule has 0 N–H and O–H groups in total. The number of nitrogens with zero attached hydrogens (tertiary/aromatic N) is 1. The lowest BCUT2D eigenvalue weighted by atomic mass is 10.1. The fraction of sp³-hybridized carbons (Fsp3) is 0.647. The van der Waals surface area contributed by atoms with Crippen molar-refractivity contribution in [2.75, 3.05) is 13.2 Å². The fourth-order valence-corrected chi connectivity index (χ4v) is 2.40. The summed E-state index contributed by atoms with van der Waals surface area (Å²) in [6, 6.07) is 3.49. The van der Waals surface area contributed by atoms with Gasteiger partial charge in [0.25, 0.3) is 0 Å². The number of hydrogen-bond donors (Lipinski definition) is 0. The van der Waals surface area contributed by atoms with Crippen LogP contribution in [0.3, 0.4) is 0 Å². The summed E-state index contributed by atoms with van der Waals surface area (Å²) in [5.41, 5.74) is 1.10. The van der Waals surface area contributed by atoms with Gasteiger partial charge in [-0.2, -0.15) is 0 Å². The second kappa shape index (κ2) is 10.0. The Labute approximate surface area is 132 Å². The van der Waals surface area contributed by atoms with E-state index in [-0.39, 0.29) is 18.4 Å². The molecule has 0 saturated heterocycles. The summed E-state index contributed by atoms with van der Waals surface area (Å²) < 4.78 is 12.0. The summed E-state index contributed by atoms with van der Waals surface area (Å²) in [5, 5.41) is 0. The van der Waals surface area contributed by atoms with Gasteiger partial charge in [0.2, 0.25) is 0 Å². The van der Waals surface area contributed by atoms with Gasteiger partial charge in [-0.1, -0.05) is 13.3 Å². The lowest BCUT2D eigenvalue weighted by Crippen LogP contribution is -2.24. The highest BCUT2D eigenvalue weighted by Gasteiger charge is 2.24. The molecule has 0 aliphatic heterocycles. The van der Waals surface area contributed by atoms with Crippen LogP contribution in [0.5, 0.6) is 0 Å². The van der Waals surface area contributed by atoms with E-state index in [1.807, 2.05) is 22.9 Å². The first-order valence-electron chi connectivity index (χ1n) is 8.11. The zero-order chi connectivity index (χ0) is 16.4. The average Bonchev–Trinajstić information content (AvgIpc) is 2.94. The lowest BCUT2D eigenvalue weighted by Gasteiger charge is -2.20. The summed E-state index contributed by atoms with van der Waals surface area (Å²) in [6.45, 7) is 6.38. The molecule has 0 amide bonds. The van der Waals surface area contributed by atoms with Crippen LogP contribution in [-0.2, 0) is 25.5 Å². The van der Waals surface area contributed by atoms with Gasteiger partial charge in [0.15, 0.2) is 0 Å². The van der Waals surface area contributed by atoms with E-state index in [9.17, 15) is 9.59 Å². The number of ether oxygens (including phenoxy) is 2. The number of unbranched alkanes of at least 4 members (excludes halogenated alkanes) is 1. The van der Waals surface area contributed by atoms with Crippen molar-refractivity contribution < 1.29 is 19.1 Å². The molecule has 0 radical (unpaired) electrons. The van der Waals surface area contributed by atoms with Gasteiger partial charge < -0.3 is 14.0 Å². The minimum atomic E-state index is -0.466. The minimum absolute atomic E-state index is 0.211. The van der Waals surface area contributed by atoms with E-state index in [1.54, 1.807) is 13.8 Å². The number of carbonyl (C=O) groups is 2. The third kappa shape index (κ3) is 5.54. The highest BCUT2D eigenvalue weighted by atomic mass is 16.5. The Morgan fingerprint density at radius 3 is 2.55 bits per heavy atom. The molecule has 1 heterocycles. The van der Waals surface area contributed by atoms with Crippen molar-refractivity contribution in [3.63, 3.8) is 0 Å². The third-order valence-electron chi connectivity index (χ3n) is 3.48. The molecule has 5 nitrogen and oxygen atoms in total. The Balaban J connectivity index is 2.83. The zero-order valence-electron chi connectivity index (χ0n) is 13.8. The lowest BCUT2D eigenvalue weighted by molar-refractivity contribution is -0.148. The maximum Gasteiger partial charge on any atom is 0.329 e. The van der Waals surface area contributed by atoms with Gasteiger partial charge in [0, 0.05) is 18.3 Å². The smallest absolute Gasteiger partial charge is 0.329 e. The summed E-state index contributed by atoms with van der Waals surface area (Å²) >= 11 is 0. The quantitative estimate of drug-likeness (QED) is 0.622. The van der Waals surface area contributed by atoms with Crippen molar-refractivity contribution in [1.82, 2.24) is 4.57 Å². The molecule has 0 aromatic carbocycles. The van der Waals surface area contributed by atoms with Crippen LogP contribution in [0.25, 0.3) is 0 Å². The van der Waals surface area contributed by atoms with Crippen molar-refractivity contribution in [2.24, 2.45) is 0 Å². The molecule has 1 aromatic rings. The van der Waals surface area contributed by atoms with E-state index < -0.39 is 6.04 Å². The predicted molar refractivity (Wildman–Crippen MR) is 84.6 cm³/mol. The van der Waals surface area contributed by atoms with Gasteiger partial charge in [-0.25, -0.2) is 4.79 Å². The largest absolute Gasteiger partial charge is 0.466 e. The number of esters is 2. The predicted octanol–water partition coefficient (Wildman–Crippen LogP) is 3.28. The third-order valence-corrected chi connectivity index (χ3v) is 3.48. The topological polar surface area (TPSA) is 57.5 Å². The maximum atomic E-state index is 12.2. The van der Waals surface area contributed by atoms with Crippen molar-refractivity contribution in [3.8, 4) is 0 Å². The van der Waals surface area contributed by atoms with Crippen molar-refractivity contribution in [2.45, 2.75) is 58.9 Å². The van der Waals surface area contributed by atoms with Crippen LogP contribution in [0.2, 0.25) is 0 Å². The van der Waals surface area contributed by atoms with E-state index in [0.717, 1.165) is 25.0 Å². The monoisotopic (exact) mass is 309 g/mol. The first kappa shape index (κ1) is 18.3. The number of hydrogen-bond acceptors (Lipinski definition) is 4. The summed E-state index contributed by atoms with van der Waals surface area (Å²) in [6.07, 6.45) is 5.57. The summed E-state index contributed by atoms with van der Waals surface area (Å²) in [7, 11) is 0. The van der Waals surface area contributed by atoms with Gasteiger partial charge in [0.1, 0.15) is 6.04 Å². The normalized spacial score (nSPS) is 12.0. The Kier molecular flexibility index (Phi) is 8.33. The molecule has 5 heteroatoms. The first-order valence-corrected chi connectivity index (χ1v) is 8.11. The second-order valence-electron chi connectivity index (χ2n) is 5.12. The molecular formula is C17H27NO4. The van der Waals surface area contributed by atoms with E-state index >= 15 is 0 Å². The zero-order valence-corrected chi connectivity index (χ0v) is 13.8. The number of rotatable bonds is 10. The summed E-state index contributed by atoms with van der Waals surface area (Å²) in [5.74, 6) is -0.570. The average molecular weight is 309 g/mol. The Morgan fingerprint density at radius 1 is 1.18 bits per heavy atom. The Hall–Kier alpha value is -1.78. The van der Waals surface area contributed by atoms with E-state index in [1.165, 1.54) is 0 Å². The van der Waals surface area contributed by atoms with Crippen LogP contribution < -0.4 is 0 Å². The number of aryl methyl sites for hydroxylation is 1. The number of carbonyl (C=O) groups excluding carboxylic acids is 2. The van der Waals surface area contributed by atoms with Crippen LogP contribution >= 0.6 is 0 Å². The van der Waals surface area contributed by atoms with Crippen LogP contribution in [0.4, 0.5) is 0 Å². The summed E-state index contributed by atoms with van der Waals surface area (Å²) in [4.78, 5) is 23.8. The van der Waals surface area contributed by atoms with E-state index in [2.05, 4.69) is 6.92 Å². The van der Waals surface area contributed by atoms with Crippen LogP contribution in [0, 0.1) is 0 Å². The number of aromatic nitrogens is 1. The first-order chi connectivity index (χ1) is 10.6. The highest BCUT2D eigenvalue weighted by Crippen LogP contribution is 2.21. The second-order valence-corrected chi connectivity index (χ2v) is 5.12. The molecule has 1 atom stereocenters. The molecular weight excluding hydrogens is 282 g/mol. The van der Waals surface area contributed by atoms with Gasteiger partial charge in [-0.15, -0.1) is 0 Å². The molecule has 1 rings (SSSR count). The van der Waals surface area contributed by atoms with Crippen molar-refractivity contribution >= 4 is 11.9 Å². The standard InChI is InChI=1S/C17H27NO4/c1-4-7-9-14-10-8-13-18(14)15(17(20)22-6-3)11-12-16(19)21-5-2/h8,10,13,15H,4-7,9,11-12H2,1-3H3/t15-/m0/s1. The molecule has 0 fully saturated rings. The van der Waals surface area contributed by atoms with E-state index in [0.29, 0.717) is 19.6 Å². The van der Waals surface area contributed by atoms with Crippen LogP contribution in [0.1, 0.15) is 58.2 Å². The molecule has 0 aliphatic carbocycles. The van der Waals surface area contributed by atoms with Gasteiger partial charge in [0.05, 0.1) is 13.2 Å². The van der Waals surface area contributed by atoms with Crippen LogP contribution in [-0.4, -0.2) is 29.7 Å². The molecule has 0 unspecified atom stereocenters. The van der Waals surface area contributed by atoms with E-state index in [4.69, 9.17) is 9.47 Å². The Bertz CT molecular complexity index is 467. The minimum Gasteiger partial charge on any atom is -0.466 e. The van der Waals surface area contributed by atoms with Gasteiger partial charge in [-0.3, -0.25) is 4.79 Å². The molecule has 0 aliphatic rings. The van der Waals surface area contributed by atoms with Crippen molar-refractivity contribution in [3.05, 3.63) is 24.0 Å². The molecule has 22 heavy (non-hydrogen) atoms. The molecule has 0 spiro atoms. The highest BCUT2D eigenvalue weighted by molar-refractivity contribution is 5.76. The molecule has 0 bridgehead atoms.